The van der Waals surface area contributed by atoms with Crippen molar-refractivity contribution in [3.63, 3.8) is 0 Å². The van der Waals surface area contributed by atoms with Crippen molar-refractivity contribution in [1.82, 2.24) is 0 Å². The van der Waals surface area contributed by atoms with E-state index in [4.69, 9.17) is 14.2 Å². The van der Waals surface area contributed by atoms with Crippen molar-refractivity contribution in [3.8, 4) is 0 Å². The molecule has 0 saturated carbocycles. The van der Waals surface area contributed by atoms with E-state index in [9.17, 15) is 9.59 Å². The van der Waals surface area contributed by atoms with Gasteiger partial charge in [0.2, 0.25) is 0 Å². The van der Waals surface area contributed by atoms with E-state index in [0.717, 1.165) is 64.2 Å². The third kappa shape index (κ3) is 10.5. The van der Waals surface area contributed by atoms with Gasteiger partial charge in [0.15, 0.2) is 12.2 Å². The van der Waals surface area contributed by atoms with Crippen LogP contribution in [-0.4, -0.2) is 37.4 Å². The first-order valence-electron chi connectivity index (χ1n) is 12.0. The molecule has 0 aromatic heterocycles. The Morgan fingerprint density at radius 2 is 1.14 bits per heavy atom. The Bertz CT molecular complexity index is 411. The molecule has 0 N–H and O–H groups in total. The molecule has 0 bridgehead atoms. The molecule has 0 aromatic rings. The minimum Gasteiger partial charge on any atom is -0.463 e. The third-order valence-corrected chi connectivity index (χ3v) is 5.79. The van der Waals surface area contributed by atoms with Crippen LogP contribution in [0.2, 0.25) is 0 Å². The maximum Gasteiger partial charge on any atom is 0.335 e. The molecule has 5 nitrogen and oxygen atoms in total. The number of carbonyl (C=O) groups excluding carboxylic acids is 2. The lowest BCUT2D eigenvalue weighted by Crippen LogP contribution is -2.30. The lowest BCUT2D eigenvalue weighted by molar-refractivity contribution is -0.166. The summed E-state index contributed by atoms with van der Waals surface area (Å²) in [7, 11) is 0. The molecule has 29 heavy (non-hydrogen) atoms. The van der Waals surface area contributed by atoms with Crippen molar-refractivity contribution in [2.75, 3.05) is 13.2 Å². The lowest BCUT2D eigenvalue weighted by atomic mass is 9.98. The predicted octanol–water partition coefficient (Wildman–Crippen LogP) is 5.83. The van der Waals surface area contributed by atoms with E-state index in [-0.39, 0.29) is 11.9 Å². The van der Waals surface area contributed by atoms with Gasteiger partial charge < -0.3 is 14.2 Å². The summed E-state index contributed by atoms with van der Waals surface area (Å²) in [6.07, 6.45) is 10.9. The maximum absolute atomic E-state index is 12.4. The SMILES string of the molecule is CCCCC(CCC)COC(=O)C1CCC(C(=O)OCC(CCC)CCCC)O1. The van der Waals surface area contributed by atoms with Crippen LogP contribution >= 0.6 is 0 Å². The molecular formula is C24H44O5. The minimum atomic E-state index is -0.632. The monoisotopic (exact) mass is 412 g/mol. The molecule has 1 rings (SSSR count). The Hall–Kier alpha value is -1.10. The average Bonchev–Trinajstić information content (AvgIpc) is 3.22. The molecular weight excluding hydrogens is 368 g/mol. The van der Waals surface area contributed by atoms with Crippen LogP contribution in [0.3, 0.4) is 0 Å². The number of hydrogen-bond donors (Lipinski definition) is 0. The number of unbranched alkanes of at least 4 members (excludes halogenated alkanes) is 2. The van der Waals surface area contributed by atoms with Crippen LogP contribution < -0.4 is 0 Å². The van der Waals surface area contributed by atoms with Gasteiger partial charge in [-0.15, -0.1) is 0 Å². The summed E-state index contributed by atoms with van der Waals surface area (Å²) in [6, 6.07) is 0. The highest BCUT2D eigenvalue weighted by molar-refractivity contribution is 5.79. The van der Waals surface area contributed by atoms with Gasteiger partial charge in [-0.25, -0.2) is 9.59 Å². The van der Waals surface area contributed by atoms with Crippen LogP contribution in [0, 0.1) is 11.8 Å². The van der Waals surface area contributed by atoms with Crippen molar-refractivity contribution in [1.29, 1.82) is 0 Å². The van der Waals surface area contributed by atoms with E-state index in [1.165, 1.54) is 0 Å². The molecule has 1 heterocycles. The number of esters is 2. The zero-order valence-corrected chi connectivity index (χ0v) is 19.3. The van der Waals surface area contributed by atoms with Crippen LogP contribution in [0.4, 0.5) is 0 Å². The second-order valence-corrected chi connectivity index (χ2v) is 8.54. The molecule has 0 radical (unpaired) electrons. The molecule has 0 spiro atoms. The summed E-state index contributed by atoms with van der Waals surface area (Å²) < 4.78 is 16.7. The molecule has 4 unspecified atom stereocenters. The Balaban J connectivity index is 2.37. The minimum absolute atomic E-state index is 0.329. The van der Waals surface area contributed by atoms with Gasteiger partial charge >= 0.3 is 11.9 Å². The van der Waals surface area contributed by atoms with Crippen LogP contribution in [0.1, 0.15) is 105 Å². The Morgan fingerprint density at radius 1 is 0.724 bits per heavy atom. The molecule has 0 amide bonds. The molecule has 0 aliphatic carbocycles. The van der Waals surface area contributed by atoms with Gasteiger partial charge in [-0.3, -0.25) is 0 Å². The second-order valence-electron chi connectivity index (χ2n) is 8.54. The standard InChI is InChI=1S/C24H44O5/c1-5-9-13-19(11-7-3)17-27-23(25)21-15-16-22(29-21)24(26)28-18-20(12-8-4)14-10-6-2/h19-22H,5-18H2,1-4H3. The van der Waals surface area contributed by atoms with Gasteiger partial charge in [-0.05, 0) is 50.4 Å². The Labute approximate surface area is 178 Å². The highest BCUT2D eigenvalue weighted by Crippen LogP contribution is 2.24. The van der Waals surface area contributed by atoms with Gasteiger partial charge in [0, 0.05) is 0 Å². The summed E-state index contributed by atoms with van der Waals surface area (Å²) in [6.45, 7) is 9.58. The molecule has 0 aromatic carbocycles. The molecule has 1 aliphatic rings. The van der Waals surface area contributed by atoms with E-state index in [2.05, 4.69) is 27.7 Å². The second kappa shape index (κ2) is 15.7. The number of hydrogen-bond acceptors (Lipinski definition) is 5. The zero-order chi connectivity index (χ0) is 21.5. The first-order chi connectivity index (χ1) is 14.0. The topological polar surface area (TPSA) is 61.8 Å². The lowest BCUT2D eigenvalue weighted by Gasteiger charge is -2.19. The van der Waals surface area contributed by atoms with Crippen molar-refractivity contribution < 1.29 is 23.8 Å². The van der Waals surface area contributed by atoms with E-state index in [1.54, 1.807) is 0 Å². The Kier molecular flexibility index (Phi) is 14.0. The van der Waals surface area contributed by atoms with Gasteiger partial charge in [-0.2, -0.15) is 0 Å². The summed E-state index contributed by atoms with van der Waals surface area (Å²) in [5.74, 6) is 0.184. The van der Waals surface area contributed by atoms with E-state index >= 15 is 0 Å². The van der Waals surface area contributed by atoms with E-state index in [1.807, 2.05) is 0 Å². The zero-order valence-electron chi connectivity index (χ0n) is 19.3. The largest absolute Gasteiger partial charge is 0.463 e. The van der Waals surface area contributed by atoms with Gasteiger partial charge in [0.25, 0.3) is 0 Å². The smallest absolute Gasteiger partial charge is 0.335 e. The van der Waals surface area contributed by atoms with E-state index in [0.29, 0.717) is 37.9 Å². The highest BCUT2D eigenvalue weighted by atomic mass is 16.6. The average molecular weight is 413 g/mol. The number of carbonyl (C=O) groups is 2. The predicted molar refractivity (Wildman–Crippen MR) is 116 cm³/mol. The molecule has 1 saturated heterocycles. The number of ether oxygens (including phenoxy) is 3. The quantitative estimate of drug-likeness (QED) is 0.298. The van der Waals surface area contributed by atoms with Crippen LogP contribution in [-0.2, 0) is 23.8 Å². The third-order valence-electron chi connectivity index (χ3n) is 5.79. The number of rotatable bonds is 16. The van der Waals surface area contributed by atoms with Gasteiger partial charge in [0.05, 0.1) is 13.2 Å². The van der Waals surface area contributed by atoms with Crippen LogP contribution in [0.25, 0.3) is 0 Å². The molecule has 4 atom stereocenters. The fraction of sp³-hybridized carbons (Fsp3) is 0.917. The molecule has 170 valence electrons. The fourth-order valence-electron chi connectivity index (χ4n) is 3.99. The molecule has 1 fully saturated rings. The van der Waals surface area contributed by atoms with Crippen molar-refractivity contribution in [3.05, 3.63) is 0 Å². The van der Waals surface area contributed by atoms with Crippen molar-refractivity contribution >= 4 is 11.9 Å². The molecule has 5 heteroatoms. The normalized spacial score (nSPS) is 21.0. The maximum atomic E-state index is 12.4. The fourth-order valence-corrected chi connectivity index (χ4v) is 3.99. The summed E-state index contributed by atoms with van der Waals surface area (Å²) in [5, 5.41) is 0. The summed E-state index contributed by atoms with van der Waals surface area (Å²) in [5.41, 5.74) is 0. The highest BCUT2D eigenvalue weighted by Gasteiger charge is 2.37. The van der Waals surface area contributed by atoms with Crippen LogP contribution in [0.15, 0.2) is 0 Å². The first-order valence-corrected chi connectivity index (χ1v) is 12.0. The van der Waals surface area contributed by atoms with Crippen molar-refractivity contribution in [2.24, 2.45) is 11.8 Å². The van der Waals surface area contributed by atoms with Crippen molar-refractivity contribution in [2.45, 2.75) is 117 Å². The van der Waals surface area contributed by atoms with E-state index < -0.39 is 12.2 Å². The Morgan fingerprint density at radius 3 is 1.48 bits per heavy atom. The summed E-state index contributed by atoms with van der Waals surface area (Å²) in [4.78, 5) is 24.7. The molecule has 1 aliphatic heterocycles. The van der Waals surface area contributed by atoms with Gasteiger partial charge in [-0.1, -0.05) is 66.2 Å². The van der Waals surface area contributed by atoms with Gasteiger partial charge in [0.1, 0.15) is 0 Å². The van der Waals surface area contributed by atoms with Crippen LogP contribution in [0.5, 0.6) is 0 Å². The first kappa shape index (κ1) is 25.9. The summed E-state index contributed by atoms with van der Waals surface area (Å²) >= 11 is 0.